The Labute approximate surface area is 265 Å². The zero-order chi connectivity index (χ0) is 31.4. The third-order valence-electron chi connectivity index (χ3n) is 5.66. The molecule has 22 heteroatoms. The molecule has 11 N–H and O–H groups in total. The van der Waals surface area contributed by atoms with Crippen molar-refractivity contribution in [2.45, 2.75) is 31.0 Å². The molecule has 0 bridgehead atoms. The molecule has 2 amide bonds. The number of hydrogen-bond donors (Lipinski definition) is 9. The second kappa shape index (κ2) is 14.5. The maximum Gasteiger partial charge on any atom is 1.00 e. The fourth-order valence-corrected chi connectivity index (χ4v) is 5.81. The van der Waals surface area contributed by atoms with Gasteiger partial charge in [-0.05, 0) is 30.7 Å². The van der Waals surface area contributed by atoms with E-state index >= 15 is 0 Å². The topological polar surface area (TPSA) is 317 Å². The molecule has 226 valence electrons. The van der Waals surface area contributed by atoms with Gasteiger partial charge in [0.1, 0.15) is 6.04 Å². The van der Waals surface area contributed by atoms with E-state index in [2.05, 4.69) is 25.3 Å². The second-order valence-corrected chi connectivity index (χ2v) is 12.7. The fourth-order valence-electron chi connectivity index (χ4n) is 3.62. The Kier molecular flexibility index (Phi) is 12.1. The number of carboxylic acids is 1. The largest absolute Gasteiger partial charge is 1.00 e. The number of rotatable bonds is 12. The summed E-state index contributed by atoms with van der Waals surface area (Å²) in [6.07, 6.45) is 0.232. The fraction of sp³-hybridized carbons (Fsp3) is 0.286. The van der Waals surface area contributed by atoms with Crippen molar-refractivity contribution >= 4 is 61.6 Å². The van der Waals surface area contributed by atoms with Gasteiger partial charge in [0, 0.05) is 24.7 Å². The van der Waals surface area contributed by atoms with Gasteiger partial charge in [0.05, 0.1) is 18.4 Å². The molecule has 3 aromatic rings. The summed E-state index contributed by atoms with van der Waals surface area (Å²) in [6.45, 7) is 0.284. The van der Waals surface area contributed by atoms with Gasteiger partial charge in [-0.2, -0.15) is 9.97 Å². The number of nitrogens with zero attached hydrogens (tertiary/aromatic N) is 5. The predicted molar refractivity (Wildman–Crippen MR) is 147 cm³/mol. The number of carbonyl (C=O) groups excluding carboxylic acids is 2. The standard InChI is InChI=1S/C21H27N9O10P2.Na/c1-30(9-11-8-24-17-15(25-11)16(22)28-20(23)29-17)12-4-2-10(3-5-12)18(32)26-13(19(33)34)6-7-14(31)27-21(41(35,36)37)42(38,39)40;/h2-5,8,13,21H,6-7,9H2,1H3,(H,26,32)(H,27,31)(H,33,34)(H2,35,36,37)(H2,38,39,40)(H4,22,23,24,28,29);/q;+1. The molecule has 1 unspecified atom stereocenters. The van der Waals surface area contributed by atoms with Crippen LogP contribution < -0.4 is 56.6 Å². The number of aromatic nitrogens is 4. The van der Waals surface area contributed by atoms with E-state index < -0.39 is 57.4 Å². The molecule has 2 aromatic heterocycles. The van der Waals surface area contributed by atoms with Crippen molar-refractivity contribution in [3.05, 3.63) is 41.7 Å². The normalized spacial score (nSPS) is 12.3. The number of carbonyl (C=O) groups is 3. The number of fused-ring (bicyclic) bond motifs is 1. The average Bonchev–Trinajstić information content (AvgIpc) is 2.88. The summed E-state index contributed by atoms with van der Waals surface area (Å²) < 4.78 is 22.6. The Morgan fingerprint density at radius 2 is 1.58 bits per heavy atom. The Hall–Kier alpha value is -3.25. The molecule has 0 fully saturated rings. The van der Waals surface area contributed by atoms with Gasteiger partial charge >= 0.3 is 50.7 Å². The average molecular weight is 650 g/mol. The molecule has 0 radical (unpaired) electrons. The molecule has 0 aliphatic carbocycles. The first kappa shape index (κ1) is 35.9. The molecule has 19 nitrogen and oxygen atoms in total. The van der Waals surface area contributed by atoms with E-state index in [0.29, 0.717) is 11.4 Å². The summed E-state index contributed by atoms with van der Waals surface area (Å²) in [5, 5.41) is 13.2. The minimum Gasteiger partial charge on any atom is -0.480 e. The maximum absolute atomic E-state index is 12.7. The maximum atomic E-state index is 12.7. The number of amides is 2. The van der Waals surface area contributed by atoms with Crippen LogP contribution in [0, 0.1) is 0 Å². The van der Waals surface area contributed by atoms with Crippen LogP contribution in [0.5, 0.6) is 0 Å². The van der Waals surface area contributed by atoms with Crippen molar-refractivity contribution in [3.63, 3.8) is 0 Å². The van der Waals surface area contributed by atoms with E-state index in [9.17, 15) is 28.6 Å². The van der Waals surface area contributed by atoms with Crippen LogP contribution in [0.1, 0.15) is 28.9 Å². The molecule has 3 rings (SSSR count). The number of aliphatic carboxylic acids is 1. The van der Waals surface area contributed by atoms with Crippen molar-refractivity contribution in [1.82, 2.24) is 30.6 Å². The van der Waals surface area contributed by atoms with E-state index in [1.54, 1.807) is 24.1 Å². The molecule has 1 aromatic carbocycles. The number of hydrogen-bond acceptors (Lipinski definition) is 12. The van der Waals surface area contributed by atoms with Gasteiger partial charge in [-0.1, -0.05) is 0 Å². The van der Waals surface area contributed by atoms with Crippen LogP contribution in [0.3, 0.4) is 0 Å². The molecule has 0 aliphatic rings. The molecule has 1 atom stereocenters. The number of anilines is 3. The molecule has 43 heavy (non-hydrogen) atoms. The zero-order valence-electron chi connectivity index (χ0n) is 22.7. The van der Waals surface area contributed by atoms with Crippen molar-refractivity contribution in [3.8, 4) is 0 Å². The van der Waals surface area contributed by atoms with Crippen LogP contribution in [-0.4, -0.2) is 81.0 Å². The third kappa shape index (κ3) is 9.89. The summed E-state index contributed by atoms with van der Waals surface area (Å²) >= 11 is 0. The van der Waals surface area contributed by atoms with E-state index in [-0.39, 0.29) is 64.6 Å². The first-order valence-corrected chi connectivity index (χ1v) is 15.1. The third-order valence-corrected chi connectivity index (χ3v) is 9.00. The number of nitrogens with one attached hydrogen (secondary N) is 2. The second-order valence-electron chi connectivity index (χ2n) is 8.93. The van der Waals surface area contributed by atoms with Crippen LogP contribution in [0.25, 0.3) is 11.2 Å². The number of benzene rings is 1. The van der Waals surface area contributed by atoms with Crippen LogP contribution in [0.4, 0.5) is 17.5 Å². The first-order chi connectivity index (χ1) is 19.5. The van der Waals surface area contributed by atoms with E-state index in [0.717, 1.165) is 0 Å². The minimum absolute atomic E-state index is 0. The van der Waals surface area contributed by atoms with E-state index in [1.807, 2.05) is 0 Å². The van der Waals surface area contributed by atoms with Gasteiger partial charge in [-0.25, -0.2) is 14.8 Å². The molecule has 0 aliphatic heterocycles. The van der Waals surface area contributed by atoms with Gasteiger partial charge < -0.3 is 51.7 Å². The van der Waals surface area contributed by atoms with Crippen LogP contribution in [-0.2, 0) is 25.3 Å². The summed E-state index contributed by atoms with van der Waals surface area (Å²) in [6, 6.07) is 4.44. The summed E-state index contributed by atoms with van der Waals surface area (Å²) in [4.78, 5) is 90.9. The monoisotopic (exact) mass is 650 g/mol. The van der Waals surface area contributed by atoms with Gasteiger partial charge in [0.15, 0.2) is 17.0 Å². The molecule has 0 saturated heterocycles. The Morgan fingerprint density at radius 3 is 2.14 bits per heavy atom. The number of nitrogen functional groups attached to an aromatic ring is 2. The van der Waals surface area contributed by atoms with Gasteiger partial charge in [-0.3, -0.25) is 18.7 Å². The minimum atomic E-state index is -5.43. The molecule has 0 saturated carbocycles. The van der Waals surface area contributed by atoms with E-state index in [4.69, 9.17) is 31.0 Å². The van der Waals surface area contributed by atoms with Crippen molar-refractivity contribution < 1.29 is 77.8 Å². The number of nitrogens with two attached hydrogens (primary N) is 2. The van der Waals surface area contributed by atoms with Gasteiger partial charge in [0.25, 0.3) is 5.91 Å². The molecule has 0 spiro atoms. The van der Waals surface area contributed by atoms with Crippen molar-refractivity contribution in [2.24, 2.45) is 0 Å². The predicted octanol–water partition coefficient (Wildman–Crippen LogP) is -4.06. The van der Waals surface area contributed by atoms with Crippen LogP contribution in [0.15, 0.2) is 30.5 Å². The summed E-state index contributed by atoms with van der Waals surface area (Å²) in [5.41, 5.74) is 10.4. The summed E-state index contributed by atoms with van der Waals surface area (Å²) in [5.74, 6) is -3.50. The zero-order valence-corrected chi connectivity index (χ0v) is 26.5. The Balaban J connectivity index is 0.00000645. The van der Waals surface area contributed by atoms with Crippen molar-refractivity contribution in [1.29, 1.82) is 0 Å². The Bertz CT molecular complexity index is 1580. The SMILES string of the molecule is CN(Cc1cnc2nc(N)nc(N)c2n1)c1ccc(C(=O)NC(CCC(=O)NC(P(=O)(O)O)P(=O)(O)O)C(=O)O)cc1.[Na+]. The molecule has 2 heterocycles. The van der Waals surface area contributed by atoms with Gasteiger partial charge in [0.2, 0.25) is 17.4 Å². The molecular weight excluding hydrogens is 623 g/mol. The van der Waals surface area contributed by atoms with E-state index in [1.165, 1.54) is 23.6 Å². The summed E-state index contributed by atoms with van der Waals surface area (Å²) in [7, 11) is -9.11. The van der Waals surface area contributed by atoms with Gasteiger partial charge in [-0.15, -0.1) is 0 Å². The smallest absolute Gasteiger partial charge is 0.480 e. The quantitative estimate of drug-likeness (QED) is 0.0665. The Morgan fingerprint density at radius 1 is 0.977 bits per heavy atom. The first-order valence-electron chi connectivity index (χ1n) is 11.7. The van der Waals surface area contributed by atoms with Crippen molar-refractivity contribution in [2.75, 3.05) is 23.4 Å². The van der Waals surface area contributed by atoms with Crippen LogP contribution >= 0.6 is 15.2 Å². The van der Waals surface area contributed by atoms with Crippen LogP contribution in [0.2, 0.25) is 0 Å². The molecular formula is C21H27N9NaO10P2+. The number of carboxylic acid groups (broad SMARTS) is 1.